The van der Waals surface area contributed by atoms with Crippen LogP contribution in [0.3, 0.4) is 0 Å². The van der Waals surface area contributed by atoms with Crippen LogP contribution in [0.4, 0.5) is 0 Å². The molecule has 1 nitrogen and oxygen atoms in total. The molecule has 0 aliphatic carbocycles. The van der Waals surface area contributed by atoms with Crippen molar-refractivity contribution in [2.45, 2.75) is 18.2 Å². The Morgan fingerprint density at radius 1 is 1.29 bits per heavy atom. The van der Waals surface area contributed by atoms with Crippen LogP contribution in [0.2, 0.25) is 15.1 Å². The minimum absolute atomic E-state index is 0.123. The molecule has 1 N–H and O–H groups in total. The smallest absolute Gasteiger partial charge is 0.154 e. The molecule has 5 heteroatoms. The zero-order chi connectivity index (χ0) is 10.7. The molecule has 1 aromatic rings. The molecule has 1 rings (SSSR count). The molecule has 0 bridgehead atoms. The SMILES string of the molecule is CCCSc1cc(Cl)c(O)c(Cl)c1Cl. The Hall–Kier alpha value is 0.240. The molecule has 0 amide bonds. The summed E-state index contributed by atoms with van der Waals surface area (Å²) in [5.74, 6) is 0.788. The molecule has 0 fully saturated rings. The van der Waals surface area contributed by atoms with Gasteiger partial charge in [-0.2, -0.15) is 0 Å². The number of halogens is 3. The molecule has 0 radical (unpaired) electrons. The number of aromatic hydroxyl groups is 1. The van der Waals surface area contributed by atoms with Crippen molar-refractivity contribution < 1.29 is 5.11 Å². The fraction of sp³-hybridized carbons (Fsp3) is 0.333. The van der Waals surface area contributed by atoms with Crippen LogP contribution in [0, 0.1) is 0 Å². The van der Waals surface area contributed by atoms with Crippen molar-refractivity contribution in [3.05, 3.63) is 21.1 Å². The summed E-state index contributed by atoms with van der Waals surface area (Å²) in [7, 11) is 0. The van der Waals surface area contributed by atoms with E-state index < -0.39 is 0 Å². The Labute approximate surface area is 102 Å². The lowest BCUT2D eigenvalue weighted by atomic mass is 10.3. The third-order valence-electron chi connectivity index (χ3n) is 1.56. The Morgan fingerprint density at radius 3 is 2.50 bits per heavy atom. The first kappa shape index (κ1) is 12.3. The van der Waals surface area contributed by atoms with E-state index in [1.807, 2.05) is 0 Å². The summed E-state index contributed by atoms with van der Waals surface area (Å²) in [6.07, 6.45) is 1.04. The van der Waals surface area contributed by atoms with Gasteiger partial charge < -0.3 is 5.11 Å². The van der Waals surface area contributed by atoms with Gasteiger partial charge in [-0.25, -0.2) is 0 Å². The maximum Gasteiger partial charge on any atom is 0.154 e. The maximum absolute atomic E-state index is 9.38. The lowest BCUT2D eigenvalue weighted by molar-refractivity contribution is 0.475. The first-order chi connectivity index (χ1) is 6.57. The highest BCUT2D eigenvalue weighted by Crippen LogP contribution is 2.43. The molecule has 14 heavy (non-hydrogen) atoms. The molecule has 78 valence electrons. The molecule has 0 aromatic heterocycles. The predicted octanol–water partition coefficient (Wildman–Crippen LogP) is 4.85. The highest BCUT2D eigenvalue weighted by molar-refractivity contribution is 7.99. The zero-order valence-electron chi connectivity index (χ0n) is 7.48. The normalized spacial score (nSPS) is 10.6. The quantitative estimate of drug-likeness (QED) is 0.626. The van der Waals surface area contributed by atoms with Gasteiger partial charge in [-0.15, -0.1) is 11.8 Å². The number of hydrogen-bond acceptors (Lipinski definition) is 2. The number of phenols is 1. The van der Waals surface area contributed by atoms with Gasteiger partial charge in [0.15, 0.2) is 5.75 Å². The van der Waals surface area contributed by atoms with Crippen molar-refractivity contribution in [1.82, 2.24) is 0 Å². The predicted molar refractivity (Wildman–Crippen MR) is 64.2 cm³/mol. The summed E-state index contributed by atoms with van der Waals surface area (Å²) >= 11 is 19.1. The Morgan fingerprint density at radius 2 is 1.93 bits per heavy atom. The number of thioether (sulfide) groups is 1. The van der Waals surface area contributed by atoms with Gasteiger partial charge in [0.1, 0.15) is 5.02 Å². The van der Waals surface area contributed by atoms with Crippen molar-refractivity contribution in [3.8, 4) is 5.75 Å². The number of rotatable bonds is 3. The van der Waals surface area contributed by atoms with Gasteiger partial charge in [0, 0.05) is 4.90 Å². The fourth-order valence-corrected chi connectivity index (χ4v) is 2.62. The van der Waals surface area contributed by atoms with Crippen LogP contribution in [-0.4, -0.2) is 10.9 Å². The van der Waals surface area contributed by atoms with Crippen molar-refractivity contribution >= 4 is 46.6 Å². The topological polar surface area (TPSA) is 20.2 Å². The molecule has 0 aliphatic rings. The van der Waals surface area contributed by atoms with Crippen molar-refractivity contribution in [2.75, 3.05) is 5.75 Å². The monoisotopic (exact) mass is 270 g/mol. The summed E-state index contributed by atoms with van der Waals surface area (Å²) < 4.78 is 0. The molecule has 0 atom stereocenters. The van der Waals surface area contributed by atoms with E-state index in [0.29, 0.717) is 5.02 Å². The summed E-state index contributed by atoms with van der Waals surface area (Å²) in [5.41, 5.74) is 0. The highest BCUT2D eigenvalue weighted by Gasteiger charge is 2.13. The Balaban J connectivity index is 3.06. The van der Waals surface area contributed by atoms with Crippen LogP contribution in [0.25, 0.3) is 0 Å². The van der Waals surface area contributed by atoms with E-state index >= 15 is 0 Å². The largest absolute Gasteiger partial charge is 0.505 e. The zero-order valence-corrected chi connectivity index (χ0v) is 10.6. The molecule has 0 aliphatic heterocycles. The van der Waals surface area contributed by atoms with Crippen LogP contribution in [0.1, 0.15) is 13.3 Å². The van der Waals surface area contributed by atoms with Crippen LogP contribution in [0.5, 0.6) is 5.75 Å². The summed E-state index contributed by atoms with van der Waals surface area (Å²) in [6.45, 7) is 2.07. The van der Waals surface area contributed by atoms with Crippen LogP contribution in [-0.2, 0) is 0 Å². The third-order valence-corrected chi connectivity index (χ3v) is 4.07. The minimum atomic E-state index is -0.154. The van der Waals surface area contributed by atoms with Crippen molar-refractivity contribution in [2.24, 2.45) is 0 Å². The van der Waals surface area contributed by atoms with Crippen molar-refractivity contribution in [1.29, 1.82) is 0 Å². The average molecular weight is 272 g/mol. The third kappa shape index (κ3) is 2.63. The fourth-order valence-electron chi connectivity index (χ4n) is 0.881. The van der Waals surface area contributed by atoms with Gasteiger partial charge >= 0.3 is 0 Å². The summed E-state index contributed by atoms with van der Waals surface area (Å²) in [4.78, 5) is 0.807. The number of phenolic OH excluding ortho intramolecular Hbond substituents is 1. The second-order valence-electron chi connectivity index (χ2n) is 2.68. The standard InChI is InChI=1S/C9H9Cl3OS/c1-2-3-14-6-4-5(10)9(13)8(12)7(6)11/h4,13H,2-3H2,1H3. The van der Waals surface area contributed by atoms with E-state index in [1.165, 1.54) is 0 Å². The van der Waals surface area contributed by atoms with Gasteiger partial charge in [-0.3, -0.25) is 0 Å². The second-order valence-corrected chi connectivity index (χ2v) is 4.98. The average Bonchev–Trinajstić information content (AvgIpc) is 2.18. The van der Waals surface area contributed by atoms with Gasteiger partial charge in [-0.05, 0) is 18.2 Å². The van der Waals surface area contributed by atoms with Gasteiger partial charge in [-0.1, -0.05) is 41.7 Å². The van der Waals surface area contributed by atoms with E-state index in [1.54, 1.807) is 17.8 Å². The van der Waals surface area contributed by atoms with Crippen LogP contribution in [0.15, 0.2) is 11.0 Å². The second kappa shape index (κ2) is 5.36. The van der Waals surface area contributed by atoms with E-state index in [9.17, 15) is 5.11 Å². The summed E-state index contributed by atoms with van der Waals surface area (Å²) in [5, 5.41) is 10.1. The Kier molecular flexibility index (Phi) is 4.71. The first-order valence-corrected chi connectivity index (χ1v) is 6.19. The molecule has 0 unspecified atom stereocenters. The van der Waals surface area contributed by atoms with Gasteiger partial charge in [0.2, 0.25) is 0 Å². The molecule has 0 heterocycles. The minimum Gasteiger partial charge on any atom is -0.505 e. The van der Waals surface area contributed by atoms with Gasteiger partial charge in [0.25, 0.3) is 0 Å². The van der Waals surface area contributed by atoms with Gasteiger partial charge in [0.05, 0.1) is 10.0 Å². The van der Waals surface area contributed by atoms with E-state index in [2.05, 4.69) is 6.92 Å². The summed E-state index contributed by atoms with van der Waals surface area (Å²) in [6, 6.07) is 1.63. The van der Waals surface area contributed by atoms with E-state index in [-0.39, 0.29) is 15.8 Å². The molecule has 0 spiro atoms. The van der Waals surface area contributed by atoms with Crippen LogP contribution < -0.4 is 0 Å². The Bertz CT molecular complexity index is 341. The first-order valence-electron chi connectivity index (χ1n) is 4.07. The molecule has 0 saturated carbocycles. The maximum atomic E-state index is 9.38. The van der Waals surface area contributed by atoms with E-state index in [0.717, 1.165) is 17.1 Å². The molecular weight excluding hydrogens is 263 g/mol. The van der Waals surface area contributed by atoms with Crippen molar-refractivity contribution in [3.63, 3.8) is 0 Å². The highest BCUT2D eigenvalue weighted by atomic mass is 35.5. The lowest BCUT2D eigenvalue weighted by Gasteiger charge is -2.07. The molecule has 0 saturated heterocycles. The number of hydrogen-bond donors (Lipinski definition) is 1. The molecule has 1 aromatic carbocycles. The van der Waals surface area contributed by atoms with E-state index in [4.69, 9.17) is 34.8 Å². The molecular formula is C9H9Cl3OS. The number of benzene rings is 1. The van der Waals surface area contributed by atoms with Crippen LogP contribution >= 0.6 is 46.6 Å². The lowest BCUT2D eigenvalue weighted by Crippen LogP contribution is -1.81.